The second kappa shape index (κ2) is 9.50. The summed E-state index contributed by atoms with van der Waals surface area (Å²) in [7, 11) is -4.11. The first-order valence-corrected chi connectivity index (χ1v) is 12.9. The second-order valence-electron chi connectivity index (χ2n) is 8.82. The van der Waals surface area contributed by atoms with Crippen LogP contribution in [0.1, 0.15) is 29.2 Å². The van der Waals surface area contributed by atoms with Crippen molar-refractivity contribution in [2.45, 2.75) is 50.5 Å². The number of nitrogens with one attached hydrogen (secondary N) is 1. The number of aryl methyl sites for hydroxylation is 4. The molecule has 0 atom stereocenters. The van der Waals surface area contributed by atoms with E-state index in [1.54, 1.807) is 36.4 Å². The van der Waals surface area contributed by atoms with Gasteiger partial charge in [0, 0.05) is 17.3 Å². The van der Waals surface area contributed by atoms with Gasteiger partial charge in [0.15, 0.2) is 0 Å². The van der Waals surface area contributed by atoms with E-state index in [0.29, 0.717) is 17.6 Å². The highest BCUT2D eigenvalue weighted by atomic mass is 32.2. The number of aromatic nitrogens is 1. The molecule has 0 saturated carbocycles. The van der Waals surface area contributed by atoms with Gasteiger partial charge in [0.25, 0.3) is 0 Å². The van der Waals surface area contributed by atoms with Gasteiger partial charge in [-0.2, -0.15) is 0 Å². The van der Waals surface area contributed by atoms with Crippen molar-refractivity contribution in [2.75, 3.05) is 5.32 Å². The van der Waals surface area contributed by atoms with Crippen LogP contribution in [0.3, 0.4) is 0 Å². The van der Waals surface area contributed by atoms with E-state index in [1.807, 2.05) is 45.9 Å². The highest BCUT2D eigenvalue weighted by Gasteiger charge is 2.25. The Kier molecular flexibility index (Phi) is 6.63. The number of carbonyl (C=O) groups excluding carboxylic acids is 1. The first-order chi connectivity index (χ1) is 16.6. The zero-order chi connectivity index (χ0) is 25.3. The van der Waals surface area contributed by atoms with Crippen LogP contribution >= 0.6 is 0 Å². The number of carbonyl (C=O) groups is 1. The van der Waals surface area contributed by atoms with E-state index in [2.05, 4.69) is 5.32 Å². The maximum Gasteiger partial charge on any atom is 0.244 e. The van der Waals surface area contributed by atoms with Crippen LogP contribution in [-0.2, 0) is 27.6 Å². The van der Waals surface area contributed by atoms with E-state index in [9.17, 15) is 18.0 Å². The molecule has 0 bridgehead atoms. The molecule has 7 heteroatoms. The van der Waals surface area contributed by atoms with Crippen LogP contribution in [0.5, 0.6) is 0 Å². The van der Waals surface area contributed by atoms with E-state index >= 15 is 0 Å². The van der Waals surface area contributed by atoms with E-state index < -0.39 is 15.3 Å². The van der Waals surface area contributed by atoms with Gasteiger partial charge < -0.3 is 9.88 Å². The van der Waals surface area contributed by atoms with E-state index in [-0.39, 0.29) is 27.6 Å². The minimum absolute atomic E-state index is 0.0550. The molecule has 0 aliphatic heterocycles. The lowest BCUT2D eigenvalue weighted by Gasteiger charge is -2.15. The van der Waals surface area contributed by atoms with Crippen molar-refractivity contribution < 1.29 is 13.2 Å². The third-order valence-corrected chi connectivity index (χ3v) is 7.99. The van der Waals surface area contributed by atoms with Gasteiger partial charge in [-0.05, 0) is 80.3 Å². The summed E-state index contributed by atoms with van der Waals surface area (Å²) in [5.41, 5.74) is 4.34. The largest absolute Gasteiger partial charge is 0.336 e. The number of pyridine rings is 1. The molecule has 4 rings (SSSR count). The summed E-state index contributed by atoms with van der Waals surface area (Å²) in [6.07, 6.45) is 1.98. The topological polar surface area (TPSA) is 85.2 Å². The van der Waals surface area contributed by atoms with Crippen LogP contribution in [0.2, 0.25) is 0 Å². The summed E-state index contributed by atoms with van der Waals surface area (Å²) in [4.78, 5) is 26.0. The molecule has 6 nitrogen and oxygen atoms in total. The summed E-state index contributed by atoms with van der Waals surface area (Å²) < 4.78 is 28.7. The average molecular weight is 489 g/mol. The first-order valence-electron chi connectivity index (χ1n) is 11.4. The molecule has 1 aromatic heterocycles. The van der Waals surface area contributed by atoms with Gasteiger partial charge in [-0.25, -0.2) is 8.42 Å². The van der Waals surface area contributed by atoms with Gasteiger partial charge in [-0.15, -0.1) is 0 Å². The summed E-state index contributed by atoms with van der Waals surface area (Å²) in [6, 6.07) is 17.6. The summed E-state index contributed by atoms with van der Waals surface area (Å²) in [5.74, 6) is -0.326. The molecular formula is C28H28N2O4S. The zero-order valence-electron chi connectivity index (χ0n) is 20.3. The molecule has 0 spiro atoms. The summed E-state index contributed by atoms with van der Waals surface area (Å²) in [6.45, 7) is 7.50. The number of anilines is 1. The number of sulfone groups is 1. The molecule has 1 heterocycles. The Hall–Kier alpha value is -3.71. The molecule has 3 aromatic carbocycles. The highest BCUT2D eigenvalue weighted by Crippen LogP contribution is 2.24. The van der Waals surface area contributed by atoms with Crippen LogP contribution in [-0.4, -0.2) is 18.9 Å². The van der Waals surface area contributed by atoms with Crippen molar-refractivity contribution in [3.63, 3.8) is 0 Å². The third kappa shape index (κ3) is 4.91. The number of rotatable bonds is 6. The monoisotopic (exact) mass is 488 g/mol. The lowest BCUT2D eigenvalue weighted by molar-refractivity contribution is -0.116. The van der Waals surface area contributed by atoms with Crippen molar-refractivity contribution >= 4 is 32.3 Å². The number of nitrogens with zero attached hydrogens (tertiary/aromatic N) is 1. The minimum atomic E-state index is -4.11. The number of benzene rings is 3. The average Bonchev–Trinajstić information content (AvgIpc) is 2.83. The van der Waals surface area contributed by atoms with Gasteiger partial charge in [0.05, 0.1) is 10.4 Å². The summed E-state index contributed by atoms with van der Waals surface area (Å²) in [5, 5.41) is 3.11. The number of hydrogen-bond acceptors (Lipinski definition) is 4. The lowest BCUT2D eigenvalue weighted by atomic mass is 10.1. The second-order valence-corrected chi connectivity index (χ2v) is 10.7. The predicted molar refractivity (Wildman–Crippen MR) is 139 cm³/mol. The van der Waals surface area contributed by atoms with E-state index in [1.165, 1.54) is 16.8 Å². The highest BCUT2D eigenvalue weighted by molar-refractivity contribution is 7.91. The van der Waals surface area contributed by atoms with Crippen molar-refractivity contribution in [2.24, 2.45) is 0 Å². The Morgan fingerprint density at radius 2 is 1.63 bits per heavy atom. The molecule has 180 valence electrons. The molecule has 4 aromatic rings. The fourth-order valence-corrected chi connectivity index (χ4v) is 5.41. The standard InChI is InChI=1S/C28H28N2O4S/c1-5-21-9-13-25-24(15-21)28(32)26(35(33,34)23-12-8-19(3)20(4)14-23)16-30(25)17-27(31)29-22-10-6-18(2)7-11-22/h6-16H,5,17H2,1-4H3,(H,29,31). The molecule has 0 radical (unpaired) electrons. The normalized spacial score (nSPS) is 11.5. The van der Waals surface area contributed by atoms with Crippen molar-refractivity contribution in [3.05, 3.63) is 99.3 Å². The maximum atomic E-state index is 13.6. The van der Waals surface area contributed by atoms with Gasteiger partial charge in [-0.3, -0.25) is 9.59 Å². The molecule has 35 heavy (non-hydrogen) atoms. The van der Waals surface area contributed by atoms with Crippen LogP contribution in [0.25, 0.3) is 10.9 Å². The molecule has 0 aliphatic carbocycles. The molecular weight excluding hydrogens is 460 g/mol. The maximum absolute atomic E-state index is 13.6. The Balaban J connectivity index is 1.84. The van der Waals surface area contributed by atoms with Gasteiger partial charge >= 0.3 is 0 Å². The minimum Gasteiger partial charge on any atom is -0.336 e. The number of amides is 1. The Morgan fingerprint density at radius 1 is 0.914 bits per heavy atom. The Bertz CT molecular complexity index is 1600. The van der Waals surface area contributed by atoms with Crippen molar-refractivity contribution in [3.8, 4) is 0 Å². The number of fused-ring (bicyclic) bond motifs is 1. The fourth-order valence-electron chi connectivity index (χ4n) is 3.96. The molecule has 1 N–H and O–H groups in total. The first kappa shape index (κ1) is 24.4. The molecule has 1 amide bonds. The lowest BCUT2D eigenvalue weighted by Crippen LogP contribution is -2.24. The predicted octanol–water partition coefficient (Wildman–Crippen LogP) is 4.96. The third-order valence-electron chi connectivity index (χ3n) is 6.25. The van der Waals surface area contributed by atoms with Gasteiger partial charge in [0.2, 0.25) is 21.2 Å². The van der Waals surface area contributed by atoms with Crippen LogP contribution in [0.15, 0.2) is 81.4 Å². The molecule has 0 aliphatic rings. The zero-order valence-corrected chi connectivity index (χ0v) is 21.1. The van der Waals surface area contributed by atoms with Crippen LogP contribution in [0.4, 0.5) is 5.69 Å². The summed E-state index contributed by atoms with van der Waals surface area (Å²) >= 11 is 0. The fraction of sp³-hybridized carbons (Fsp3) is 0.214. The van der Waals surface area contributed by atoms with E-state index in [0.717, 1.165) is 22.3 Å². The Morgan fingerprint density at radius 3 is 2.29 bits per heavy atom. The molecule has 0 fully saturated rings. The van der Waals surface area contributed by atoms with Gasteiger partial charge in [0.1, 0.15) is 11.4 Å². The SMILES string of the molecule is CCc1ccc2c(c1)c(=O)c(S(=O)(=O)c1ccc(C)c(C)c1)cn2CC(=O)Nc1ccc(C)cc1. The van der Waals surface area contributed by atoms with Gasteiger partial charge in [-0.1, -0.05) is 36.8 Å². The molecule has 0 unspecified atom stereocenters. The van der Waals surface area contributed by atoms with Crippen LogP contribution in [0, 0.1) is 20.8 Å². The van der Waals surface area contributed by atoms with Crippen LogP contribution < -0.4 is 10.7 Å². The number of hydrogen-bond donors (Lipinski definition) is 1. The Labute approximate surface area is 205 Å². The quantitative estimate of drug-likeness (QED) is 0.416. The van der Waals surface area contributed by atoms with Crippen molar-refractivity contribution in [1.82, 2.24) is 4.57 Å². The smallest absolute Gasteiger partial charge is 0.244 e. The van der Waals surface area contributed by atoms with Crippen molar-refractivity contribution in [1.29, 1.82) is 0 Å². The molecule has 0 saturated heterocycles. The van der Waals surface area contributed by atoms with E-state index in [4.69, 9.17) is 0 Å².